The summed E-state index contributed by atoms with van der Waals surface area (Å²) in [5, 5.41) is 5.69. The van der Waals surface area contributed by atoms with E-state index in [9.17, 15) is 14.4 Å². The Bertz CT molecular complexity index is 751. The van der Waals surface area contributed by atoms with Gasteiger partial charge in [-0.1, -0.05) is 31.5 Å². The molecule has 8 heteroatoms. The van der Waals surface area contributed by atoms with Crippen molar-refractivity contribution in [2.75, 3.05) is 5.75 Å². The van der Waals surface area contributed by atoms with E-state index in [4.69, 9.17) is 0 Å². The molecule has 1 aromatic heterocycles. The van der Waals surface area contributed by atoms with Crippen molar-refractivity contribution >= 4 is 23.7 Å². The number of carbonyl (C=O) groups is 2. The maximum Gasteiger partial charge on any atom is 0.321 e. The molecule has 4 atom stereocenters. The molecule has 3 N–H and O–H groups in total. The highest BCUT2D eigenvalue weighted by Gasteiger charge is 2.42. The number of imide groups is 1. The van der Waals surface area contributed by atoms with Crippen LogP contribution in [0.15, 0.2) is 16.0 Å². The maximum absolute atomic E-state index is 12.1. The minimum absolute atomic E-state index is 0.0223. The summed E-state index contributed by atoms with van der Waals surface area (Å²) < 4.78 is 0. The average molecular weight is 393 g/mol. The Kier molecular flexibility index (Phi) is 6.57. The first-order valence-electron chi connectivity index (χ1n) is 9.78. The average Bonchev–Trinajstić information content (AvgIpc) is 3.23. The number of amides is 3. The summed E-state index contributed by atoms with van der Waals surface area (Å²) in [5.41, 5.74) is 0.482. The number of rotatable bonds is 7. The fourth-order valence-corrected chi connectivity index (χ4v) is 5.18. The van der Waals surface area contributed by atoms with Gasteiger partial charge in [-0.15, -0.1) is 0 Å². The summed E-state index contributed by atoms with van der Waals surface area (Å²) in [5.74, 6) is 1.68. The van der Waals surface area contributed by atoms with Gasteiger partial charge in [-0.05, 0) is 50.4 Å². The van der Waals surface area contributed by atoms with E-state index < -0.39 is 11.9 Å². The van der Waals surface area contributed by atoms with Crippen molar-refractivity contribution in [2.45, 2.75) is 63.6 Å². The molecular formula is C19H28N4O3S. The smallest absolute Gasteiger partial charge is 0.321 e. The number of nitrogens with zero attached hydrogens (tertiary/aromatic N) is 1. The van der Waals surface area contributed by atoms with Crippen LogP contribution in [-0.2, 0) is 11.2 Å². The predicted molar refractivity (Wildman–Crippen MR) is 105 cm³/mol. The molecule has 3 rings (SSSR count). The zero-order valence-electron chi connectivity index (χ0n) is 15.9. The van der Waals surface area contributed by atoms with Crippen molar-refractivity contribution in [1.82, 2.24) is 20.6 Å². The van der Waals surface area contributed by atoms with Crippen molar-refractivity contribution < 1.29 is 9.59 Å². The number of aryl methyl sites for hydroxylation is 1. The molecule has 148 valence electrons. The van der Waals surface area contributed by atoms with Gasteiger partial charge in [0.05, 0.1) is 5.75 Å². The summed E-state index contributed by atoms with van der Waals surface area (Å²) >= 11 is 1.12. The normalized spacial score (nSPS) is 24.6. The second-order valence-electron chi connectivity index (χ2n) is 7.73. The number of aromatic nitrogens is 2. The molecule has 0 unspecified atom stereocenters. The highest BCUT2D eigenvalue weighted by atomic mass is 32.2. The fraction of sp³-hybridized carbons (Fsp3) is 0.684. The van der Waals surface area contributed by atoms with Crippen molar-refractivity contribution in [3.63, 3.8) is 0 Å². The molecule has 0 aliphatic heterocycles. The van der Waals surface area contributed by atoms with Gasteiger partial charge in [-0.25, -0.2) is 9.78 Å². The van der Waals surface area contributed by atoms with Crippen LogP contribution in [0.1, 0.15) is 51.6 Å². The van der Waals surface area contributed by atoms with Crippen LogP contribution >= 0.6 is 11.8 Å². The van der Waals surface area contributed by atoms with Gasteiger partial charge in [-0.3, -0.25) is 14.9 Å². The van der Waals surface area contributed by atoms with E-state index in [2.05, 4.69) is 20.6 Å². The van der Waals surface area contributed by atoms with Gasteiger partial charge in [0, 0.05) is 17.8 Å². The molecule has 1 aromatic rings. The number of hydrogen-bond donors (Lipinski definition) is 3. The van der Waals surface area contributed by atoms with Crippen molar-refractivity contribution in [2.24, 2.45) is 17.8 Å². The number of thioether (sulfide) groups is 1. The second-order valence-corrected chi connectivity index (χ2v) is 8.69. The van der Waals surface area contributed by atoms with Gasteiger partial charge >= 0.3 is 6.03 Å². The molecule has 2 bridgehead atoms. The lowest BCUT2D eigenvalue weighted by atomic mass is 9.84. The van der Waals surface area contributed by atoms with Crippen LogP contribution in [0.2, 0.25) is 0 Å². The Balaban J connectivity index is 1.43. The standard InChI is InChI=1S/C19H28N4O3S/c1-3-4-14-9-16(24)23-19(21-14)27-10-17(25)22-18(26)20-11(2)15-8-12-5-6-13(15)7-12/h9,11-13,15H,3-8,10H2,1-2H3,(H,21,23,24)(H2,20,22,25,26)/t11-,12+,13+,15-/m1/s1. The molecular weight excluding hydrogens is 364 g/mol. The number of aromatic amines is 1. The van der Waals surface area contributed by atoms with Gasteiger partial charge in [0.2, 0.25) is 5.91 Å². The Morgan fingerprint density at radius 2 is 2.19 bits per heavy atom. The van der Waals surface area contributed by atoms with E-state index in [1.807, 2.05) is 13.8 Å². The Morgan fingerprint density at radius 3 is 2.85 bits per heavy atom. The van der Waals surface area contributed by atoms with Crippen LogP contribution in [0.25, 0.3) is 0 Å². The molecule has 2 saturated carbocycles. The molecule has 0 saturated heterocycles. The van der Waals surface area contributed by atoms with Gasteiger partial charge < -0.3 is 10.3 Å². The highest BCUT2D eigenvalue weighted by molar-refractivity contribution is 7.99. The summed E-state index contributed by atoms with van der Waals surface area (Å²) in [6, 6.07) is 1.10. The lowest BCUT2D eigenvalue weighted by Crippen LogP contribution is -2.47. The molecule has 3 amide bonds. The van der Waals surface area contributed by atoms with Crippen LogP contribution in [0, 0.1) is 17.8 Å². The van der Waals surface area contributed by atoms with Crippen molar-refractivity contribution in [3.8, 4) is 0 Å². The molecule has 2 aliphatic carbocycles. The SMILES string of the molecule is CCCc1cc(=O)[nH]c(SCC(=O)NC(=O)N[C@H](C)[C@H]2C[C@H]3CC[C@H]2C3)n1. The number of urea groups is 1. The van der Waals surface area contributed by atoms with E-state index in [-0.39, 0.29) is 17.4 Å². The fourth-order valence-electron chi connectivity index (χ4n) is 4.49. The van der Waals surface area contributed by atoms with Gasteiger partial charge in [0.25, 0.3) is 5.56 Å². The topological polar surface area (TPSA) is 104 Å². The van der Waals surface area contributed by atoms with Crippen LogP contribution in [0.5, 0.6) is 0 Å². The van der Waals surface area contributed by atoms with Crippen molar-refractivity contribution in [1.29, 1.82) is 0 Å². The van der Waals surface area contributed by atoms with E-state index in [1.165, 1.54) is 31.7 Å². The van der Waals surface area contributed by atoms with E-state index >= 15 is 0 Å². The van der Waals surface area contributed by atoms with Crippen molar-refractivity contribution in [3.05, 3.63) is 22.1 Å². The Hall–Kier alpha value is -1.83. The van der Waals surface area contributed by atoms with E-state index in [0.29, 0.717) is 23.2 Å². The molecule has 2 fully saturated rings. The Labute approximate surface area is 163 Å². The van der Waals surface area contributed by atoms with Crippen LogP contribution in [0.3, 0.4) is 0 Å². The predicted octanol–water partition coefficient (Wildman–Crippen LogP) is 2.46. The third-order valence-corrected chi connectivity index (χ3v) is 6.54. The third-order valence-electron chi connectivity index (χ3n) is 5.67. The molecule has 1 heterocycles. The lowest BCUT2D eigenvalue weighted by molar-refractivity contribution is -0.117. The van der Waals surface area contributed by atoms with E-state index in [1.54, 1.807) is 0 Å². The van der Waals surface area contributed by atoms with Crippen LogP contribution in [-0.4, -0.2) is 33.7 Å². The number of H-pyrrole nitrogens is 1. The number of hydrogen-bond acceptors (Lipinski definition) is 5. The minimum Gasteiger partial charge on any atom is -0.335 e. The summed E-state index contributed by atoms with van der Waals surface area (Å²) in [4.78, 5) is 42.7. The van der Waals surface area contributed by atoms with Crippen LogP contribution < -0.4 is 16.2 Å². The maximum atomic E-state index is 12.1. The summed E-state index contributed by atoms with van der Waals surface area (Å²) in [7, 11) is 0. The lowest BCUT2D eigenvalue weighted by Gasteiger charge is -2.28. The first-order valence-corrected chi connectivity index (χ1v) is 10.8. The van der Waals surface area contributed by atoms with Crippen LogP contribution in [0.4, 0.5) is 4.79 Å². The first kappa shape index (κ1) is 19.9. The molecule has 0 aromatic carbocycles. The first-order chi connectivity index (χ1) is 12.9. The summed E-state index contributed by atoms with van der Waals surface area (Å²) in [6.07, 6.45) is 6.67. The molecule has 0 radical (unpaired) electrons. The number of carbonyl (C=O) groups excluding carboxylic acids is 2. The minimum atomic E-state index is -0.447. The van der Waals surface area contributed by atoms with E-state index in [0.717, 1.165) is 30.0 Å². The van der Waals surface area contributed by atoms with Gasteiger partial charge in [0.15, 0.2) is 5.16 Å². The second kappa shape index (κ2) is 8.91. The monoisotopic (exact) mass is 392 g/mol. The zero-order valence-corrected chi connectivity index (χ0v) is 16.7. The number of fused-ring (bicyclic) bond motifs is 2. The molecule has 7 nitrogen and oxygen atoms in total. The summed E-state index contributed by atoms with van der Waals surface area (Å²) in [6.45, 7) is 4.04. The molecule has 2 aliphatic rings. The Morgan fingerprint density at radius 1 is 1.37 bits per heavy atom. The third kappa shape index (κ3) is 5.34. The van der Waals surface area contributed by atoms with Gasteiger partial charge in [0.1, 0.15) is 0 Å². The highest BCUT2D eigenvalue weighted by Crippen LogP contribution is 2.49. The largest absolute Gasteiger partial charge is 0.335 e. The quantitative estimate of drug-likeness (QED) is 0.488. The van der Waals surface area contributed by atoms with Gasteiger partial charge in [-0.2, -0.15) is 0 Å². The zero-order chi connectivity index (χ0) is 19.4. The number of nitrogens with one attached hydrogen (secondary N) is 3. The molecule has 27 heavy (non-hydrogen) atoms. The molecule has 0 spiro atoms.